The van der Waals surface area contributed by atoms with Gasteiger partial charge in [-0.15, -0.1) is 0 Å². The molecule has 2 fully saturated rings. The van der Waals surface area contributed by atoms with Crippen molar-refractivity contribution in [2.24, 2.45) is 0 Å². The molecule has 4 amide bonds. The van der Waals surface area contributed by atoms with Crippen LogP contribution in [-0.4, -0.2) is 127 Å². The molecule has 0 saturated carbocycles. The predicted molar refractivity (Wildman–Crippen MR) is 229 cm³/mol. The number of H-pyrrole nitrogens is 2. The Hall–Kier alpha value is -5.78. The number of carbonyl (C=O) groups excluding carboxylic acids is 4. The minimum atomic E-state index is -1.83. The number of imidazole rings is 2. The molecule has 60 heavy (non-hydrogen) atoms. The SMILES string of the molecule is COC(=O)N[C@H](C(=O)N1CCC[C@H]1c1ncc(-c2ccc(-c3ccc4c(ccc5nc([C@@H]6C[Si](C)(C)CN6C(=O)[C@@H](NC(=O)OC)C(C)OC)[nH]c54)c3)cc2)[nH]1)C(C)OC. The summed E-state index contributed by atoms with van der Waals surface area (Å²) < 4.78 is 20.5. The van der Waals surface area contributed by atoms with Crippen molar-refractivity contribution in [3.63, 3.8) is 0 Å². The van der Waals surface area contributed by atoms with E-state index < -0.39 is 44.6 Å². The first-order chi connectivity index (χ1) is 28.7. The Labute approximate surface area is 349 Å². The van der Waals surface area contributed by atoms with Crippen molar-refractivity contribution in [1.29, 1.82) is 0 Å². The molecule has 3 aromatic carbocycles. The monoisotopic (exact) mass is 838 g/mol. The number of benzene rings is 3. The van der Waals surface area contributed by atoms with Crippen molar-refractivity contribution in [3.05, 3.63) is 72.4 Å². The molecule has 4 N–H and O–H groups in total. The van der Waals surface area contributed by atoms with Crippen LogP contribution in [0.25, 0.3) is 44.2 Å². The molecule has 0 spiro atoms. The lowest BCUT2D eigenvalue weighted by Gasteiger charge is -2.31. The Morgan fingerprint density at radius 1 is 0.767 bits per heavy atom. The van der Waals surface area contributed by atoms with Crippen LogP contribution in [-0.2, 0) is 28.5 Å². The standard InChI is InChI=1S/C43H54N8O8Si/c1-24(56-3)35(48-42(54)58-5)40(52)50-19-9-10-33(50)38-44-21-32(46-38)27-13-11-26(12-14-27)28-15-17-30-29(20-28)16-18-31-37(30)47-39(45-31)34-22-60(7,8)23-51(34)41(53)36(25(2)57-4)49-43(55)59-6/h11-18,20-21,24-25,33-36H,9-10,19,22-23H2,1-8H3,(H,44,46)(H,45,47)(H,48,54)(H,49,55)/t24?,25?,33-,34-,35-,36-/m0/s1. The molecule has 2 aliphatic heterocycles. The molecular weight excluding hydrogens is 785 g/mol. The van der Waals surface area contributed by atoms with Crippen LogP contribution < -0.4 is 10.6 Å². The first-order valence-corrected chi connectivity index (χ1v) is 23.6. The highest BCUT2D eigenvalue weighted by Gasteiger charge is 2.46. The molecule has 2 aliphatic rings. The maximum absolute atomic E-state index is 14.1. The normalized spacial score (nSPS) is 19.5. The summed E-state index contributed by atoms with van der Waals surface area (Å²) in [5.41, 5.74) is 5.60. The Morgan fingerprint density at radius 2 is 1.38 bits per heavy atom. The van der Waals surface area contributed by atoms with E-state index in [1.54, 1.807) is 24.9 Å². The summed E-state index contributed by atoms with van der Waals surface area (Å²) in [5.74, 6) is 0.930. The number of methoxy groups -OCH3 is 4. The predicted octanol–water partition coefficient (Wildman–Crippen LogP) is 6.09. The van der Waals surface area contributed by atoms with Crippen LogP contribution >= 0.6 is 0 Å². The average molecular weight is 839 g/mol. The van der Waals surface area contributed by atoms with Crippen LogP contribution in [0.1, 0.15) is 50.4 Å². The van der Waals surface area contributed by atoms with Crippen LogP contribution in [0.2, 0.25) is 19.1 Å². The van der Waals surface area contributed by atoms with Gasteiger partial charge in [-0.3, -0.25) is 9.59 Å². The molecule has 318 valence electrons. The highest BCUT2D eigenvalue weighted by Crippen LogP contribution is 2.39. The van der Waals surface area contributed by atoms with E-state index in [9.17, 15) is 19.2 Å². The maximum atomic E-state index is 14.1. The van der Waals surface area contributed by atoms with Crippen molar-refractivity contribution >= 4 is 53.9 Å². The quantitative estimate of drug-likeness (QED) is 0.107. The van der Waals surface area contributed by atoms with Crippen molar-refractivity contribution in [2.45, 2.75) is 82.2 Å². The van der Waals surface area contributed by atoms with E-state index in [1.165, 1.54) is 28.4 Å². The molecule has 4 heterocycles. The van der Waals surface area contributed by atoms with Crippen molar-refractivity contribution in [3.8, 4) is 22.4 Å². The molecule has 6 atom stereocenters. The van der Waals surface area contributed by atoms with Gasteiger partial charge in [0.2, 0.25) is 11.8 Å². The lowest BCUT2D eigenvalue weighted by molar-refractivity contribution is -0.138. The second kappa shape index (κ2) is 17.4. The van der Waals surface area contributed by atoms with Gasteiger partial charge in [-0.25, -0.2) is 19.6 Å². The second-order valence-electron chi connectivity index (χ2n) is 16.4. The maximum Gasteiger partial charge on any atom is 0.407 e. The van der Waals surface area contributed by atoms with Gasteiger partial charge in [0, 0.05) is 32.3 Å². The molecule has 5 aromatic rings. The van der Waals surface area contributed by atoms with Gasteiger partial charge in [0.05, 0.1) is 69.5 Å². The fourth-order valence-electron chi connectivity index (χ4n) is 8.48. The number of likely N-dealkylation sites (tertiary alicyclic amines) is 1. The van der Waals surface area contributed by atoms with Gasteiger partial charge >= 0.3 is 12.2 Å². The summed E-state index contributed by atoms with van der Waals surface area (Å²) in [4.78, 5) is 72.3. The van der Waals surface area contributed by atoms with E-state index in [4.69, 9.17) is 23.9 Å². The zero-order valence-corrected chi connectivity index (χ0v) is 36.3. The van der Waals surface area contributed by atoms with E-state index in [-0.39, 0.29) is 23.9 Å². The Kier molecular flexibility index (Phi) is 12.3. The second-order valence-corrected chi connectivity index (χ2v) is 21.5. The number of ether oxygens (including phenoxy) is 4. The molecule has 2 saturated heterocycles. The molecule has 0 aliphatic carbocycles. The first-order valence-electron chi connectivity index (χ1n) is 20.2. The fourth-order valence-corrected chi connectivity index (χ4v) is 11.4. The van der Waals surface area contributed by atoms with Crippen molar-refractivity contribution in [1.82, 2.24) is 40.4 Å². The number of carbonyl (C=O) groups is 4. The molecule has 7 rings (SSSR count). The number of aromatic amines is 2. The topological polar surface area (TPSA) is 193 Å². The highest BCUT2D eigenvalue weighted by molar-refractivity contribution is 6.78. The Bertz CT molecular complexity index is 2380. The van der Waals surface area contributed by atoms with Gasteiger partial charge in [0.15, 0.2) is 0 Å². The van der Waals surface area contributed by atoms with Crippen molar-refractivity contribution < 1.29 is 38.1 Å². The zero-order valence-electron chi connectivity index (χ0n) is 35.3. The number of hydrogen-bond acceptors (Lipinski definition) is 10. The molecule has 2 unspecified atom stereocenters. The van der Waals surface area contributed by atoms with E-state index >= 15 is 0 Å². The number of rotatable bonds is 12. The minimum Gasteiger partial charge on any atom is -0.453 e. The molecule has 17 heteroatoms. The molecule has 16 nitrogen and oxygen atoms in total. The smallest absolute Gasteiger partial charge is 0.407 e. The average Bonchev–Trinajstić information content (AvgIpc) is 4.09. The summed E-state index contributed by atoms with van der Waals surface area (Å²) in [6.45, 7) is 8.55. The number of hydrogen-bond donors (Lipinski definition) is 4. The van der Waals surface area contributed by atoms with Gasteiger partial charge in [-0.2, -0.15) is 0 Å². The lowest BCUT2D eigenvalue weighted by Crippen LogP contribution is -2.54. The Balaban J connectivity index is 1.09. The zero-order chi connectivity index (χ0) is 42.9. The number of nitrogens with one attached hydrogen (secondary N) is 4. The number of nitrogens with zero attached hydrogens (tertiary/aromatic N) is 4. The third-order valence-electron chi connectivity index (χ3n) is 11.9. The summed E-state index contributed by atoms with van der Waals surface area (Å²) >= 11 is 0. The van der Waals surface area contributed by atoms with Gasteiger partial charge < -0.3 is 49.3 Å². The van der Waals surface area contributed by atoms with Crippen molar-refractivity contribution in [2.75, 3.05) is 41.2 Å². The van der Waals surface area contributed by atoms with Crippen LogP contribution in [0.3, 0.4) is 0 Å². The molecule has 2 aromatic heterocycles. The summed E-state index contributed by atoms with van der Waals surface area (Å²) in [5, 5.41) is 7.37. The number of aromatic nitrogens is 4. The Morgan fingerprint density at radius 3 is 2.02 bits per heavy atom. The third kappa shape index (κ3) is 8.46. The van der Waals surface area contributed by atoms with Gasteiger partial charge in [0.25, 0.3) is 0 Å². The number of fused-ring (bicyclic) bond motifs is 3. The molecule has 0 radical (unpaired) electrons. The fraction of sp³-hybridized carbons (Fsp3) is 0.442. The van der Waals surface area contributed by atoms with Gasteiger partial charge in [0.1, 0.15) is 23.7 Å². The number of amides is 4. The molecular formula is C43H54N8O8Si. The van der Waals surface area contributed by atoms with Gasteiger partial charge in [-0.05, 0) is 66.9 Å². The van der Waals surface area contributed by atoms with E-state index in [2.05, 4.69) is 75.1 Å². The minimum absolute atomic E-state index is 0.225. The summed E-state index contributed by atoms with van der Waals surface area (Å²) in [6, 6.07) is 17.2. The van der Waals surface area contributed by atoms with E-state index in [0.717, 1.165) is 68.9 Å². The third-order valence-corrected chi connectivity index (χ3v) is 14.6. The van der Waals surface area contributed by atoms with Crippen LogP contribution in [0.4, 0.5) is 9.59 Å². The summed E-state index contributed by atoms with van der Waals surface area (Å²) in [6.07, 6.45) is 1.44. The largest absolute Gasteiger partial charge is 0.453 e. The lowest BCUT2D eigenvalue weighted by atomic mass is 9.99. The van der Waals surface area contributed by atoms with E-state index in [1.807, 2.05) is 23.1 Å². The van der Waals surface area contributed by atoms with Crippen LogP contribution in [0.5, 0.6) is 0 Å². The molecule has 0 bridgehead atoms. The highest BCUT2D eigenvalue weighted by atomic mass is 28.3. The number of alkyl carbamates (subject to hydrolysis) is 2. The van der Waals surface area contributed by atoms with E-state index in [0.29, 0.717) is 18.5 Å². The summed E-state index contributed by atoms with van der Waals surface area (Å²) in [7, 11) is 3.71. The first kappa shape index (κ1) is 42.3. The van der Waals surface area contributed by atoms with Crippen LogP contribution in [0.15, 0.2) is 60.8 Å². The van der Waals surface area contributed by atoms with Crippen LogP contribution in [0, 0.1) is 0 Å². The van der Waals surface area contributed by atoms with Gasteiger partial charge in [-0.1, -0.05) is 55.6 Å².